The van der Waals surface area contributed by atoms with Crippen molar-refractivity contribution in [2.45, 2.75) is 70.6 Å². The summed E-state index contributed by atoms with van der Waals surface area (Å²) in [5.41, 5.74) is 0.0351. The Kier molecular flexibility index (Phi) is 7.36. The number of aliphatic carboxylic acids is 2. The Bertz CT molecular complexity index is 396. The number of carboxylic acids is 2. The minimum Gasteiger partial charge on any atom is -0.478 e. The highest BCUT2D eigenvalue weighted by molar-refractivity contribution is 5.87. The first-order valence-corrected chi connectivity index (χ1v) is 8.18. The van der Waals surface area contributed by atoms with Gasteiger partial charge in [0, 0.05) is 11.1 Å². The molecule has 0 saturated heterocycles. The fourth-order valence-electron chi connectivity index (χ4n) is 3.48. The van der Waals surface area contributed by atoms with Crippen LogP contribution in [-0.4, -0.2) is 22.2 Å². The van der Waals surface area contributed by atoms with Gasteiger partial charge < -0.3 is 10.2 Å². The van der Waals surface area contributed by atoms with Crippen molar-refractivity contribution in [3.63, 3.8) is 0 Å². The molecular formula is C18H28O4. The zero-order valence-electron chi connectivity index (χ0n) is 13.4. The predicted octanol–water partition coefficient (Wildman–Crippen LogP) is 4.56. The first kappa shape index (κ1) is 18.5. The van der Waals surface area contributed by atoms with Gasteiger partial charge in [-0.2, -0.15) is 0 Å². The highest BCUT2D eigenvalue weighted by Gasteiger charge is 2.33. The number of carbonyl (C=O) groups is 2. The molecule has 1 aliphatic rings. The fraction of sp³-hybridized carbons (Fsp3) is 0.667. The first-order chi connectivity index (χ1) is 10.4. The van der Waals surface area contributed by atoms with Crippen LogP contribution >= 0.6 is 0 Å². The van der Waals surface area contributed by atoms with Crippen LogP contribution in [0.15, 0.2) is 24.3 Å². The maximum atomic E-state index is 11.2. The minimum absolute atomic E-state index is 0.176. The number of hydrogen-bond acceptors (Lipinski definition) is 2. The third-order valence-corrected chi connectivity index (χ3v) is 4.70. The van der Waals surface area contributed by atoms with E-state index in [1.165, 1.54) is 19.3 Å². The lowest BCUT2D eigenvalue weighted by Gasteiger charge is -2.35. The summed E-state index contributed by atoms with van der Waals surface area (Å²) in [5.74, 6) is -1.98. The molecule has 0 aromatic carbocycles. The zero-order chi connectivity index (χ0) is 16.6. The van der Waals surface area contributed by atoms with Crippen molar-refractivity contribution >= 4 is 11.9 Å². The van der Waals surface area contributed by atoms with Crippen LogP contribution in [0.25, 0.3) is 0 Å². The number of carboxylic acid groups (broad SMARTS) is 2. The van der Waals surface area contributed by atoms with Crippen molar-refractivity contribution in [3.8, 4) is 0 Å². The van der Waals surface area contributed by atoms with Crippen molar-refractivity contribution in [1.82, 2.24) is 0 Å². The van der Waals surface area contributed by atoms with Crippen molar-refractivity contribution in [2.75, 3.05) is 0 Å². The van der Waals surface area contributed by atoms with Gasteiger partial charge >= 0.3 is 11.9 Å². The van der Waals surface area contributed by atoms with Crippen molar-refractivity contribution in [3.05, 3.63) is 24.3 Å². The molecule has 0 aromatic heterocycles. The summed E-state index contributed by atoms with van der Waals surface area (Å²) in [6.45, 7) is 7.33. The second-order valence-electron chi connectivity index (χ2n) is 6.65. The molecular weight excluding hydrogens is 280 g/mol. The summed E-state index contributed by atoms with van der Waals surface area (Å²) >= 11 is 0. The molecule has 0 unspecified atom stereocenters. The number of rotatable bonds is 6. The quantitative estimate of drug-likeness (QED) is 0.705. The molecule has 0 heterocycles. The van der Waals surface area contributed by atoms with Crippen LogP contribution in [-0.2, 0) is 9.59 Å². The first-order valence-electron chi connectivity index (χ1n) is 8.18. The lowest BCUT2D eigenvalue weighted by molar-refractivity contribution is -0.133. The van der Waals surface area contributed by atoms with E-state index in [0.717, 1.165) is 38.5 Å². The lowest BCUT2D eigenvalue weighted by atomic mass is 9.69. The van der Waals surface area contributed by atoms with E-state index in [2.05, 4.69) is 13.2 Å². The maximum Gasteiger partial charge on any atom is 0.330 e. The van der Waals surface area contributed by atoms with Gasteiger partial charge in [-0.3, -0.25) is 0 Å². The molecule has 0 atom stereocenters. The number of hydrogen-bond donors (Lipinski definition) is 2. The van der Waals surface area contributed by atoms with Crippen LogP contribution in [0.4, 0.5) is 0 Å². The Balaban J connectivity index is 2.93. The van der Waals surface area contributed by atoms with Gasteiger partial charge in [-0.1, -0.05) is 58.1 Å². The molecule has 124 valence electrons. The van der Waals surface area contributed by atoms with E-state index in [1.54, 1.807) is 0 Å². The van der Waals surface area contributed by atoms with Gasteiger partial charge in [0.05, 0.1) is 0 Å². The molecule has 0 aliphatic heterocycles. The van der Waals surface area contributed by atoms with Crippen molar-refractivity contribution in [2.24, 2.45) is 5.41 Å². The van der Waals surface area contributed by atoms with E-state index >= 15 is 0 Å². The average Bonchev–Trinajstić information content (AvgIpc) is 2.45. The molecule has 1 fully saturated rings. The van der Waals surface area contributed by atoms with E-state index < -0.39 is 11.9 Å². The van der Waals surface area contributed by atoms with Crippen molar-refractivity contribution in [1.29, 1.82) is 0 Å². The van der Waals surface area contributed by atoms with E-state index in [0.29, 0.717) is 12.8 Å². The Morgan fingerprint density at radius 2 is 1.05 bits per heavy atom. The van der Waals surface area contributed by atoms with Crippen molar-refractivity contribution < 1.29 is 19.8 Å². The second kappa shape index (κ2) is 8.76. The minimum atomic E-state index is -0.989. The van der Waals surface area contributed by atoms with E-state index in [1.807, 2.05) is 0 Å². The molecule has 0 amide bonds. The monoisotopic (exact) mass is 308 g/mol. The summed E-state index contributed by atoms with van der Waals surface area (Å²) in [6, 6.07) is 0. The van der Waals surface area contributed by atoms with Gasteiger partial charge in [0.1, 0.15) is 0 Å². The SMILES string of the molecule is C=C(CC1(CC(=C)C(=O)O)CCCCCCCCC1)C(=O)O. The van der Waals surface area contributed by atoms with Gasteiger partial charge in [0.25, 0.3) is 0 Å². The van der Waals surface area contributed by atoms with E-state index in [9.17, 15) is 9.59 Å². The molecule has 1 saturated carbocycles. The topological polar surface area (TPSA) is 74.6 Å². The standard InChI is InChI=1S/C18H28O4/c1-14(16(19)20)12-18(13-15(2)17(21)22)10-8-6-4-3-5-7-9-11-18/h1-13H2,(H,19,20)(H,21,22). The fourth-order valence-corrected chi connectivity index (χ4v) is 3.48. The van der Waals surface area contributed by atoms with E-state index in [4.69, 9.17) is 10.2 Å². The zero-order valence-corrected chi connectivity index (χ0v) is 13.4. The molecule has 1 rings (SSSR count). The highest BCUT2D eigenvalue weighted by atomic mass is 16.4. The maximum absolute atomic E-state index is 11.2. The average molecular weight is 308 g/mol. The molecule has 4 heteroatoms. The van der Waals surface area contributed by atoms with Crippen LogP contribution in [0, 0.1) is 5.41 Å². The Morgan fingerprint density at radius 1 is 0.727 bits per heavy atom. The van der Waals surface area contributed by atoms with Crippen LogP contribution in [0.1, 0.15) is 70.6 Å². The van der Waals surface area contributed by atoms with Gasteiger partial charge in [-0.15, -0.1) is 0 Å². The Morgan fingerprint density at radius 3 is 1.36 bits per heavy atom. The third-order valence-electron chi connectivity index (χ3n) is 4.70. The third kappa shape index (κ3) is 6.04. The van der Waals surface area contributed by atoms with E-state index in [-0.39, 0.29) is 16.6 Å². The van der Waals surface area contributed by atoms with Crippen LogP contribution in [0.3, 0.4) is 0 Å². The lowest BCUT2D eigenvalue weighted by Crippen LogP contribution is -2.26. The van der Waals surface area contributed by atoms with Gasteiger partial charge in [0.2, 0.25) is 0 Å². The Labute approximate surface area is 132 Å². The molecule has 22 heavy (non-hydrogen) atoms. The molecule has 1 aliphatic carbocycles. The van der Waals surface area contributed by atoms with Gasteiger partial charge in [-0.05, 0) is 31.1 Å². The van der Waals surface area contributed by atoms with Crippen LogP contribution in [0.2, 0.25) is 0 Å². The summed E-state index contributed by atoms with van der Waals surface area (Å²) in [4.78, 5) is 22.3. The highest BCUT2D eigenvalue weighted by Crippen LogP contribution is 2.43. The molecule has 2 N–H and O–H groups in total. The van der Waals surface area contributed by atoms with Gasteiger partial charge in [-0.25, -0.2) is 9.59 Å². The smallest absolute Gasteiger partial charge is 0.330 e. The molecule has 0 radical (unpaired) electrons. The largest absolute Gasteiger partial charge is 0.478 e. The molecule has 0 bridgehead atoms. The van der Waals surface area contributed by atoms with Crippen LogP contribution < -0.4 is 0 Å². The summed E-state index contributed by atoms with van der Waals surface area (Å²) < 4.78 is 0. The summed E-state index contributed by atoms with van der Waals surface area (Å²) in [6.07, 6.45) is 10.4. The summed E-state index contributed by atoms with van der Waals surface area (Å²) in [7, 11) is 0. The second-order valence-corrected chi connectivity index (χ2v) is 6.65. The summed E-state index contributed by atoms with van der Waals surface area (Å²) in [5, 5.41) is 18.3. The molecule has 0 aromatic rings. The normalized spacial score (nSPS) is 19.1. The van der Waals surface area contributed by atoms with Gasteiger partial charge in [0.15, 0.2) is 0 Å². The molecule has 4 nitrogen and oxygen atoms in total. The predicted molar refractivity (Wildman–Crippen MR) is 86.8 cm³/mol. The Hall–Kier alpha value is -1.58. The molecule has 0 spiro atoms. The van der Waals surface area contributed by atoms with Crippen LogP contribution in [0.5, 0.6) is 0 Å².